The average molecular weight is 358 g/mol. The number of morpholine rings is 1. The lowest BCUT2D eigenvalue weighted by molar-refractivity contribution is -0.122. The summed E-state index contributed by atoms with van der Waals surface area (Å²) in [5, 5.41) is 7.11. The summed E-state index contributed by atoms with van der Waals surface area (Å²) >= 11 is 0. The van der Waals surface area contributed by atoms with Gasteiger partial charge in [-0.3, -0.25) is 9.59 Å². The molecular formula is C18H22N4O4. The molecule has 2 aromatic rings. The summed E-state index contributed by atoms with van der Waals surface area (Å²) in [5.74, 6) is 1.17. The molecule has 1 saturated heterocycles. The first kappa shape index (κ1) is 17.9. The summed E-state index contributed by atoms with van der Waals surface area (Å²) < 4.78 is 11.6. The lowest BCUT2D eigenvalue weighted by Crippen LogP contribution is -2.39. The van der Waals surface area contributed by atoms with Crippen molar-refractivity contribution in [1.82, 2.24) is 15.1 Å². The van der Waals surface area contributed by atoms with Gasteiger partial charge in [0.2, 0.25) is 5.91 Å². The number of rotatable bonds is 6. The van der Waals surface area contributed by atoms with E-state index >= 15 is 0 Å². The summed E-state index contributed by atoms with van der Waals surface area (Å²) in [6.07, 6.45) is 0. The molecule has 1 aromatic carbocycles. The fourth-order valence-corrected chi connectivity index (χ4v) is 2.65. The third kappa shape index (κ3) is 4.60. The SMILES string of the molecule is COc1ccc(CNC(=O)Cn2nc(N3CCOCC3)ccc2=O)cc1. The van der Waals surface area contributed by atoms with E-state index in [9.17, 15) is 9.59 Å². The minimum absolute atomic E-state index is 0.118. The monoisotopic (exact) mass is 358 g/mol. The first-order valence-corrected chi connectivity index (χ1v) is 8.46. The van der Waals surface area contributed by atoms with Gasteiger partial charge in [-0.05, 0) is 23.8 Å². The van der Waals surface area contributed by atoms with Crippen LogP contribution in [0.15, 0.2) is 41.2 Å². The van der Waals surface area contributed by atoms with Gasteiger partial charge in [0.1, 0.15) is 18.1 Å². The number of ether oxygens (including phenoxy) is 2. The molecule has 0 bridgehead atoms. The first-order valence-electron chi connectivity index (χ1n) is 8.46. The summed E-state index contributed by atoms with van der Waals surface area (Å²) in [5.41, 5.74) is 0.642. The number of nitrogens with one attached hydrogen (secondary N) is 1. The zero-order valence-electron chi connectivity index (χ0n) is 14.7. The Kier molecular flexibility index (Phi) is 5.85. The molecule has 0 aliphatic carbocycles. The van der Waals surface area contributed by atoms with E-state index in [4.69, 9.17) is 9.47 Å². The van der Waals surface area contributed by atoms with E-state index in [2.05, 4.69) is 10.4 Å². The van der Waals surface area contributed by atoms with Gasteiger partial charge in [-0.25, -0.2) is 4.68 Å². The van der Waals surface area contributed by atoms with Gasteiger partial charge in [0.15, 0.2) is 0 Å². The van der Waals surface area contributed by atoms with E-state index in [1.165, 1.54) is 10.7 Å². The van der Waals surface area contributed by atoms with Crippen molar-refractivity contribution in [2.75, 3.05) is 38.3 Å². The smallest absolute Gasteiger partial charge is 0.267 e. The predicted octanol–water partition coefficient (Wildman–Crippen LogP) is 0.405. The molecule has 3 rings (SSSR count). The van der Waals surface area contributed by atoms with Crippen LogP contribution in [0.1, 0.15) is 5.56 Å². The highest BCUT2D eigenvalue weighted by Crippen LogP contribution is 2.11. The van der Waals surface area contributed by atoms with Gasteiger partial charge < -0.3 is 19.7 Å². The van der Waals surface area contributed by atoms with E-state index in [1.807, 2.05) is 29.2 Å². The Bertz CT molecular complexity index is 798. The summed E-state index contributed by atoms with van der Waals surface area (Å²) in [6, 6.07) is 10.5. The molecule has 0 atom stereocenters. The van der Waals surface area contributed by atoms with E-state index in [0.717, 1.165) is 24.4 Å². The van der Waals surface area contributed by atoms with E-state index in [1.54, 1.807) is 13.2 Å². The summed E-state index contributed by atoms with van der Waals surface area (Å²) in [6.45, 7) is 2.95. The Balaban J connectivity index is 1.60. The number of hydrogen-bond donors (Lipinski definition) is 1. The van der Waals surface area contributed by atoms with Crippen LogP contribution in [-0.2, 0) is 22.6 Å². The van der Waals surface area contributed by atoms with Crippen LogP contribution >= 0.6 is 0 Å². The molecule has 8 nitrogen and oxygen atoms in total. The number of nitrogens with zero attached hydrogens (tertiary/aromatic N) is 3. The Morgan fingerprint density at radius 2 is 1.92 bits per heavy atom. The topological polar surface area (TPSA) is 85.7 Å². The van der Waals surface area contributed by atoms with E-state index in [-0.39, 0.29) is 18.0 Å². The molecule has 138 valence electrons. The van der Waals surface area contributed by atoms with Gasteiger partial charge >= 0.3 is 0 Å². The van der Waals surface area contributed by atoms with Gasteiger partial charge in [0.25, 0.3) is 5.56 Å². The van der Waals surface area contributed by atoms with Crippen LogP contribution in [0.4, 0.5) is 5.82 Å². The number of anilines is 1. The fraction of sp³-hybridized carbons (Fsp3) is 0.389. The Labute approximate surface area is 151 Å². The highest BCUT2D eigenvalue weighted by atomic mass is 16.5. The van der Waals surface area contributed by atoms with Gasteiger partial charge in [-0.2, -0.15) is 5.10 Å². The number of aromatic nitrogens is 2. The van der Waals surface area contributed by atoms with E-state index in [0.29, 0.717) is 25.6 Å². The summed E-state index contributed by atoms with van der Waals surface area (Å²) in [4.78, 5) is 26.2. The second-order valence-electron chi connectivity index (χ2n) is 5.91. The van der Waals surface area contributed by atoms with Gasteiger partial charge in [-0.15, -0.1) is 0 Å². The molecule has 0 saturated carbocycles. The average Bonchev–Trinajstić information content (AvgIpc) is 2.69. The van der Waals surface area contributed by atoms with Crippen molar-refractivity contribution in [2.45, 2.75) is 13.1 Å². The van der Waals surface area contributed by atoms with Gasteiger partial charge in [-0.1, -0.05) is 12.1 Å². The first-order chi connectivity index (χ1) is 12.7. The van der Waals surface area contributed by atoms with Crippen LogP contribution in [0.25, 0.3) is 0 Å². The Hall–Kier alpha value is -2.87. The molecule has 0 unspecified atom stereocenters. The van der Waals surface area contributed by atoms with Crippen molar-refractivity contribution in [3.8, 4) is 5.75 Å². The van der Waals surface area contributed by atoms with Crippen LogP contribution in [0.2, 0.25) is 0 Å². The molecule has 1 aliphatic rings. The van der Waals surface area contributed by atoms with Gasteiger partial charge in [0, 0.05) is 25.7 Å². The zero-order valence-corrected chi connectivity index (χ0v) is 14.7. The van der Waals surface area contributed by atoms with Crippen LogP contribution in [0.5, 0.6) is 5.75 Å². The molecule has 26 heavy (non-hydrogen) atoms. The normalized spacial score (nSPS) is 14.1. The third-order valence-electron chi connectivity index (χ3n) is 4.13. The lowest BCUT2D eigenvalue weighted by Gasteiger charge is -2.27. The second kappa shape index (κ2) is 8.48. The van der Waals surface area contributed by atoms with E-state index < -0.39 is 0 Å². The number of methoxy groups -OCH3 is 1. The maximum absolute atomic E-state index is 12.2. The number of carbonyl (C=O) groups is 1. The standard InChI is InChI=1S/C18H22N4O4/c1-25-15-4-2-14(3-5-15)12-19-17(23)13-22-18(24)7-6-16(20-22)21-8-10-26-11-9-21/h2-7H,8-13H2,1H3,(H,19,23). The van der Waals surface area contributed by atoms with Gasteiger partial charge in [0.05, 0.1) is 20.3 Å². The number of hydrogen-bond acceptors (Lipinski definition) is 6. The minimum Gasteiger partial charge on any atom is -0.497 e. The largest absolute Gasteiger partial charge is 0.497 e. The molecule has 2 heterocycles. The van der Waals surface area contributed by atoms with Crippen molar-refractivity contribution in [1.29, 1.82) is 0 Å². The van der Waals surface area contributed by atoms with Crippen molar-refractivity contribution in [3.05, 3.63) is 52.3 Å². The molecular weight excluding hydrogens is 336 g/mol. The maximum atomic E-state index is 12.2. The lowest BCUT2D eigenvalue weighted by atomic mass is 10.2. The Morgan fingerprint density at radius 1 is 1.19 bits per heavy atom. The molecule has 0 spiro atoms. The van der Waals surface area contributed by atoms with Crippen molar-refractivity contribution in [3.63, 3.8) is 0 Å². The van der Waals surface area contributed by atoms with Crippen LogP contribution in [0.3, 0.4) is 0 Å². The van der Waals surface area contributed by atoms with Crippen molar-refractivity contribution in [2.24, 2.45) is 0 Å². The van der Waals surface area contributed by atoms with Crippen molar-refractivity contribution >= 4 is 11.7 Å². The Morgan fingerprint density at radius 3 is 2.62 bits per heavy atom. The zero-order chi connectivity index (χ0) is 18.4. The van der Waals surface area contributed by atoms with Crippen LogP contribution in [-0.4, -0.2) is 49.1 Å². The number of benzene rings is 1. The highest BCUT2D eigenvalue weighted by Gasteiger charge is 2.14. The summed E-state index contributed by atoms with van der Waals surface area (Å²) in [7, 11) is 1.60. The van der Waals surface area contributed by atoms with Crippen LogP contribution in [0, 0.1) is 0 Å². The molecule has 1 fully saturated rings. The highest BCUT2D eigenvalue weighted by molar-refractivity contribution is 5.75. The molecule has 8 heteroatoms. The molecule has 0 radical (unpaired) electrons. The molecule has 1 aromatic heterocycles. The molecule has 1 aliphatic heterocycles. The van der Waals surface area contributed by atoms with Crippen LogP contribution < -0.4 is 20.5 Å². The number of amides is 1. The molecule has 1 N–H and O–H groups in total. The molecule has 1 amide bonds. The second-order valence-corrected chi connectivity index (χ2v) is 5.91. The third-order valence-corrected chi connectivity index (χ3v) is 4.13. The fourth-order valence-electron chi connectivity index (χ4n) is 2.65. The maximum Gasteiger partial charge on any atom is 0.267 e. The quantitative estimate of drug-likeness (QED) is 0.805. The van der Waals surface area contributed by atoms with Crippen molar-refractivity contribution < 1.29 is 14.3 Å². The predicted molar refractivity (Wildman–Crippen MR) is 96.4 cm³/mol. The minimum atomic E-state index is -0.304. The number of carbonyl (C=O) groups excluding carboxylic acids is 1.